The van der Waals surface area contributed by atoms with Crippen molar-refractivity contribution in [3.05, 3.63) is 47.2 Å². The lowest BCUT2D eigenvalue weighted by molar-refractivity contribution is -0.109. The van der Waals surface area contributed by atoms with E-state index in [1.165, 1.54) is 5.56 Å². The highest BCUT2D eigenvalue weighted by Crippen LogP contribution is 2.27. The summed E-state index contributed by atoms with van der Waals surface area (Å²) in [5.74, 6) is 1.89. The number of benzene rings is 1. The lowest BCUT2D eigenvalue weighted by Gasteiger charge is -2.20. The molecule has 88 valence electrons. The van der Waals surface area contributed by atoms with Crippen LogP contribution in [0.4, 0.5) is 0 Å². The molecular weight excluding hydrogens is 228 g/mol. The topological polar surface area (TPSA) is 20.5 Å². The quantitative estimate of drug-likeness (QED) is 0.549. The monoisotopic (exact) mass is 245 g/mol. The van der Waals surface area contributed by atoms with E-state index in [1.807, 2.05) is 6.08 Å². The van der Waals surface area contributed by atoms with E-state index in [0.717, 1.165) is 17.1 Å². The van der Waals surface area contributed by atoms with Crippen molar-refractivity contribution in [2.45, 2.75) is 27.7 Å². The van der Waals surface area contributed by atoms with E-state index in [9.17, 15) is 0 Å². The zero-order chi connectivity index (χ0) is 12.5. The van der Waals surface area contributed by atoms with Gasteiger partial charge in [-0.3, -0.25) is 0 Å². The van der Waals surface area contributed by atoms with Crippen molar-refractivity contribution in [2.24, 2.45) is 5.41 Å². The normalized spacial score (nSPS) is 16.0. The van der Waals surface area contributed by atoms with Gasteiger partial charge in [-0.15, -0.1) is 0 Å². The predicted molar refractivity (Wildman–Crippen MR) is 69.9 cm³/mol. The molecule has 1 aliphatic heterocycles. The Hall–Kier alpha value is -1.35. The number of hydrogen-bond acceptors (Lipinski definition) is 1. The first-order valence-corrected chi connectivity index (χ1v) is 6.53. The Bertz CT molecular complexity index is 464. The SMILES string of the molecule is Cc1ccc(C2=[O+][Si]OC(C(C)(C)C)=C2)cc1. The minimum absolute atomic E-state index is 0.0206. The van der Waals surface area contributed by atoms with Gasteiger partial charge in [0.25, 0.3) is 0 Å². The van der Waals surface area contributed by atoms with Crippen molar-refractivity contribution < 1.29 is 8.54 Å². The van der Waals surface area contributed by atoms with E-state index in [-0.39, 0.29) is 15.4 Å². The summed E-state index contributed by atoms with van der Waals surface area (Å²) in [6.07, 6.45) is 2.00. The van der Waals surface area contributed by atoms with Gasteiger partial charge in [0, 0.05) is 5.41 Å². The highest BCUT2D eigenvalue weighted by Gasteiger charge is 2.32. The number of allylic oxidation sites excluding steroid dienone is 2. The highest BCUT2D eigenvalue weighted by molar-refractivity contribution is 6.22. The smallest absolute Gasteiger partial charge is 0.464 e. The van der Waals surface area contributed by atoms with Crippen molar-refractivity contribution in [3.63, 3.8) is 0 Å². The Kier molecular flexibility index (Phi) is 3.20. The van der Waals surface area contributed by atoms with Crippen LogP contribution in [0.5, 0.6) is 0 Å². The van der Waals surface area contributed by atoms with Gasteiger partial charge in [-0.25, -0.2) is 0 Å². The zero-order valence-corrected chi connectivity index (χ0v) is 11.7. The fraction of sp³-hybridized carbons (Fsp3) is 0.357. The first-order valence-electron chi connectivity index (χ1n) is 5.72. The van der Waals surface area contributed by atoms with Crippen LogP contribution in [-0.2, 0) is 4.43 Å². The third-order valence-electron chi connectivity index (χ3n) is 2.64. The molecular formula is C14H17O2Si+. The van der Waals surface area contributed by atoms with Crippen LogP contribution in [0.2, 0.25) is 0 Å². The molecule has 0 aromatic heterocycles. The Balaban J connectivity index is 2.31. The van der Waals surface area contributed by atoms with Crippen LogP contribution < -0.4 is 0 Å². The lowest BCUT2D eigenvalue weighted by atomic mass is 9.92. The van der Waals surface area contributed by atoms with Crippen LogP contribution in [0, 0.1) is 12.3 Å². The van der Waals surface area contributed by atoms with Crippen LogP contribution in [0.3, 0.4) is 0 Å². The molecule has 0 spiro atoms. The fourth-order valence-corrected chi connectivity index (χ4v) is 2.28. The summed E-state index contributed by atoms with van der Waals surface area (Å²) in [5.41, 5.74) is 2.38. The molecule has 0 unspecified atom stereocenters. The van der Waals surface area contributed by atoms with Crippen molar-refractivity contribution in [3.8, 4) is 0 Å². The molecule has 2 radical (unpaired) electrons. The van der Waals surface area contributed by atoms with Crippen molar-refractivity contribution >= 4 is 15.8 Å². The number of hydrogen-bond donors (Lipinski definition) is 0. The summed E-state index contributed by atoms with van der Waals surface area (Å²) in [4.78, 5) is 0. The maximum atomic E-state index is 5.58. The van der Waals surface area contributed by atoms with Gasteiger partial charge in [-0.1, -0.05) is 38.5 Å². The van der Waals surface area contributed by atoms with Gasteiger partial charge in [0.1, 0.15) is 5.76 Å². The van der Waals surface area contributed by atoms with Crippen molar-refractivity contribution in [1.29, 1.82) is 0 Å². The van der Waals surface area contributed by atoms with Gasteiger partial charge in [-0.2, -0.15) is 0 Å². The maximum absolute atomic E-state index is 5.58. The van der Waals surface area contributed by atoms with E-state index < -0.39 is 0 Å². The van der Waals surface area contributed by atoms with Gasteiger partial charge >= 0.3 is 15.8 Å². The van der Waals surface area contributed by atoms with E-state index in [1.54, 1.807) is 0 Å². The first-order chi connectivity index (χ1) is 7.97. The molecule has 0 bridgehead atoms. The summed E-state index contributed by atoms with van der Waals surface area (Å²) in [6.45, 7) is 8.50. The molecule has 0 atom stereocenters. The minimum atomic E-state index is 0.0206. The predicted octanol–water partition coefficient (Wildman–Crippen LogP) is 3.21. The molecule has 1 heterocycles. The van der Waals surface area contributed by atoms with E-state index >= 15 is 0 Å². The molecule has 2 nitrogen and oxygen atoms in total. The molecule has 1 aromatic carbocycles. The number of rotatable bonds is 1. The van der Waals surface area contributed by atoms with Crippen LogP contribution in [-0.4, -0.2) is 15.8 Å². The Morgan fingerprint density at radius 3 is 2.35 bits per heavy atom. The molecule has 0 N–H and O–H groups in total. The Labute approximate surface area is 105 Å². The number of ketones is 1. The number of aryl methyl sites for hydroxylation is 1. The first kappa shape index (κ1) is 12.1. The Morgan fingerprint density at radius 1 is 1.12 bits per heavy atom. The van der Waals surface area contributed by atoms with Gasteiger partial charge in [0.15, 0.2) is 0 Å². The standard InChI is InChI=1S/C14H17O2Si/c1-10-5-7-11(8-6-10)12-9-13(14(2,3)4)16-17-15-12/h5-9H,1-4H3/q+1. The average molecular weight is 245 g/mol. The molecule has 1 aromatic rings. The van der Waals surface area contributed by atoms with Crippen LogP contribution in [0.25, 0.3) is 0 Å². The van der Waals surface area contributed by atoms with E-state index in [0.29, 0.717) is 0 Å². The molecule has 17 heavy (non-hydrogen) atoms. The zero-order valence-electron chi connectivity index (χ0n) is 10.7. The fourth-order valence-electron chi connectivity index (χ4n) is 1.52. The molecule has 0 aliphatic carbocycles. The second-order valence-electron chi connectivity index (χ2n) is 5.28. The van der Waals surface area contributed by atoms with E-state index in [4.69, 9.17) is 8.54 Å². The van der Waals surface area contributed by atoms with Crippen molar-refractivity contribution in [1.82, 2.24) is 0 Å². The molecule has 3 heteroatoms. The minimum Gasteiger partial charge on any atom is -0.464 e. The maximum Gasteiger partial charge on any atom is 1.02 e. The Morgan fingerprint density at radius 2 is 1.76 bits per heavy atom. The second kappa shape index (κ2) is 4.49. The highest BCUT2D eigenvalue weighted by atomic mass is 28.2. The van der Waals surface area contributed by atoms with Gasteiger partial charge in [0.2, 0.25) is 0 Å². The van der Waals surface area contributed by atoms with Crippen LogP contribution >= 0.6 is 0 Å². The molecule has 0 saturated carbocycles. The van der Waals surface area contributed by atoms with Crippen molar-refractivity contribution in [2.75, 3.05) is 0 Å². The average Bonchev–Trinajstić information content (AvgIpc) is 2.29. The number of carbonyl (C=O) groups excluding carboxylic acids is 1. The second-order valence-corrected chi connectivity index (χ2v) is 5.85. The van der Waals surface area contributed by atoms with Crippen LogP contribution in [0.15, 0.2) is 36.1 Å². The summed E-state index contributed by atoms with van der Waals surface area (Å²) in [6, 6.07) is 8.35. The van der Waals surface area contributed by atoms with Gasteiger partial charge < -0.3 is 8.54 Å². The van der Waals surface area contributed by atoms with Gasteiger partial charge in [-0.05, 0) is 19.1 Å². The third kappa shape index (κ3) is 2.85. The van der Waals surface area contributed by atoms with Crippen LogP contribution in [0.1, 0.15) is 36.0 Å². The molecule has 1 aliphatic rings. The summed E-state index contributed by atoms with van der Waals surface area (Å²) in [5, 5.41) is 0. The molecule has 2 rings (SSSR count). The summed E-state index contributed by atoms with van der Waals surface area (Å²) >= 11 is 0. The van der Waals surface area contributed by atoms with Gasteiger partial charge in [0.05, 0.1) is 11.6 Å². The van der Waals surface area contributed by atoms with E-state index in [2.05, 4.69) is 52.0 Å². The third-order valence-corrected chi connectivity index (χ3v) is 3.25. The summed E-state index contributed by atoms with van der Waals surface area (Å²) in [7, 11) is 0.0533. The largest absolute Gasteiger partial charge is 1.02 e. The molecule has 0 saturated heterocycles. The molecule has 0 fully saturated rings. The lowest BCUT2D eigenvalue weighted by Crippen LogP contribution is -2.20. The molecule has 0 amide bonds. The summed E-state index contributed by atoms with van der Waals surface area (Å²) < 4.78 is 11.1.